The fourth-order valence-corrected chi connectivity index (χ4v) is 3.11. The van der Waals surface area contributed by atoms with Crippen molar-refractivity contribution in [2.45, 2.75) is 57.8 Å². The zero-order valence-electron chi connectivity index (χ0n) is 14.7. The van der Waals surface area contributed by atoms with E-state index in [1.807, 2.05) is 20.8 Å². The molecule has 2 rings (SSSR count). The average molecular weight is 356 g/mol. The molecular weight excluding hydrogens is 330 g/mol. The number of aliphatic hydroxyl groups excluding tert-OH is 1. The van der Waals surface area contributed by atoms with Gasteiger partial charge in [-0.1, -0.05) is 17.7 Å². The first-order valence-corrected chi connectivity index (χ1v) is 8.62. The zero-order valence-corrected chi connectivity index (χ0v) is 15.5. The largest absolute Gasteiger partial charge is 0.495 e. The predicted molar refractivity (Wildman–Crippen MR) is 93.5 cm³/mol. The van der Waals surface area contributed by atoms with Crippen LogP contribution in [-0.4, -0.2) is 41.4 Å². The molecule has 1 aromatic rings. The highest BCUT2D eigenvalue weighted by Crippen LogP contribution is 2.33. The van der Waals surface area contributed by atoms with E-state index in [1.54, 1.807) is 23.1 Å². The van der Waals surface area contributed by atoms with E-state index in [4.69, 9.17) is 21.1 Å². The predicted octanol–water partition coefficient (Wildman–Crippen LogP) is 4.17. The number of hydrogen-bond acceptors (Lipinski definition) is 4. The molecule has 134 valence electrons. The lowest BCUT2D eigenvalue weighted by Crippen LogP contribution is -2.48. The summed E-state index contributed by atoms with van der Waals surface area (Å²) >= 11 is 6.05. The van der Waals surface area contributed by atoms with E-state index in [0.29, 0.717) is 22.9 Å². The zero-order chi connectivity index (χ0) is 17.9. The average Bonchev–Trinajstić information content (AvgIpc) is 2.53. The van der Waals surface area contributed by atoms with Crippen LogP contribution in [0.5, 0.6) is 5.75 Å². The number of carbonyl (C=O) groups is 1. The topological polar surface area (TPSA) is 59.0 Å². The first-order valence-electron chi connectivity index (χ1n) is 8.24. The van der Waals surface area contributed by atoms with E-state index < -0.39 is 11.7 Å². The van der Waals surface area contributed by atoms with Crippen molar-refractivity contribution in [1.82, 2.24) is 4.90 Å². The summed E-state index contributed by atoms with van der Waals surface area (Å²) in [6.07, 6.45) is 1.40. The molecule has 0 bridgehead atoms. The summed E-state index contributed by atoms with van der Waals surface area (Å²) < 4.78 is 10.7. The van der Waals surface area contributed by atoms with Crippen LogP contribution >= 0.6 is 11.6 Å². The van der Waals surface area contributed by atoms with Crippen LogP contribution < -0.4 is 4.74 Å². The summed E-state index contributed by atoms with van der Waals surface area (Å²) in [4.78, 5) is 14.1. The van der Waals surface area contributed by atoms with E-state index >= 15 is 0 Å². The Labute approximate surface area is 148 Å². The highest BCUT2D eigenvalue weighted by molar-refractivity contribution is 6.32. The molecule has 1 saturated heterocycles. The number of ether oxygens (including phenoxy) is 2. The van der Waals surface area contributed by atoms with Gasteiger partial charge in [0, 0.05) is 6.54 Å². The number of carbonyl (C=O) groups excluding carboxylic acids is 1. The van der Waals surface area contributed by atoms with Gasteiger partial charge in [0.25, 0.3) is 0 Å². The molecule has 5 nitrogen and oxygen atoms in total. The molecule has 1 aliphatic heterocycles. The van der Waals surface area contributed by atoms with E-state index in [2.05, 4.69) is 0 Å². The number of nitrogens with zero attached hydrogens (tertiary/aromatic N) is 1. The second kappa shape index (κ2) is 7.62. The van der Waals surface area contributed by atoms with Crippen LogP contribution in [0, 0.1) is 0 Å². The molecule has 6 heteroatoms. The van der Waals surface area contributed by atoms with Gasteiger partial charge in [-0.25, -0.2) is 4.79 Å². The molecule has 1 aliphatic rings. The van der Waals surface area contributed by atoms with Crippen molar-refractivity contribution in [3.05, 3.63) is 28.8 Å². The third-order valence-electron chi connectivity index (χ3n) is 4.06. The molecule has 1 aromatic carbocycles. The quantitative estimate of drug-likeness (QED) is 0.883. The Morgan fingerprint density at radius 3 is 2.71 bits per heavy atom. The van der Waals surface area contributed by atoms with Gasteiger partial charge in [-0.3, -0.25) is 0 Å². The minimum Gasteiger partial charge on any atom is -0.495 e. The summed E-state index contributed by atoms with van der Waals surface area (Å²) in [5.74, 6) is 0.507. The lowest BCUT2D eigenvalue weighted by atomic mass is 9.93. The number of amides is 1. The minimum atomic E-state index is -0.816. The van der Waals surface area contributed by atoms with E-state index in [1.165, 1.54) is 7.11 Å². The monoisotopic (exact) mass is 355 g/mol. The first kappa shape index (κ1) is 18.9. The van der Waals surface area contributed by atoms with Gasteiger partial charge in [0.2, 0.25) is 0 Å². The van der Waals surface area contributed by atoms with Crippen molar-refractivity contribution >= 4 is 17.7 Å². The molecule has 1 amide bonds. The summed E-state index contributed by atoms with van der Waals surface area (Å²) in [6.45, 7) is 6.10. The Morgan fingerprint density at radius 1 is 1.38 bits per heavy atom. The van der Waals surface area contributed by atoms with Gasteiger partial charge in [0.05, 0.1) is 24.3 Å². The standard InChI is InChI=1S/C18H26ClNO4/c1-18(2,3)24-17(22)20-10-6-5-7-14(20)16(21)12-8-9-13(19)15(11-12)23-4/h8-9,11,14,16,21H,5-7,10H2,1-4H3/t14?,16-/m0/s1. The maximum Gasteiger partial charge on any atom is 0.410 e. The van der Waals surface area contributed by atoms with E-state index in [-0.39, 0.29) is 12.1 Å². The number of likely N-dealkylation sites (tertiary alicyclic amines) is 1. The van der Waals surface area contributed by atoms with Crippen LogP contribution in [-0.2, 0) is 4.74 Å². The first-order chi connectivity index (χ1) is 11.2. The minimum absolute atomic E-state index is 0.320. The molecule has 0 aromatic heterocycles. The van der Waals surface area contributed by atoms with Gasteiger partial charge >= 0.3 is 6.09 Å². The smallest absolute Gasteiger partial charge is 0.410 e. The Hall–Kier alpha value is -1.46. The van der Waals surface area contributed by atoms with Crippen LogP contribution in [0.15, 0.2) is 18.2 Å². The number of methoxy groups -OCH3 is 1. The van der Waals surface area contributed by atoms with E-state index in [0.717, 1.165) is 19.3 Å². The molecule has 0 spiro atoms. The second-order valence-electron chi connectivity index (χ2n) is 7.08. The third kappa shape index (κ3) is 4.54. The van der Waals surface area contributed by atoms with Crippen molar-refractivity contribution < 1.29 is 19.4 Å². The highest BCUT2D eigenvalue weighted by atomic mass is 35.5. The van der Waals surface area contributed by atoms with Crippen LogP contribution in [0.4, 0.5) is 4.79 Å². The van der Waals surface area contributed by atoms with Crippen LogP contribution in [0.2, 0.25) is 5.02 Å². The Balaban J connectivity index is 2.21. The Bertz CT molecular complexity index is 585. The van der Waals surface area contributed by atoms with Crippen LogP contribution in [0.1, 0.15) is 51.7 Å². The fourth-order valence-electron chi connectivity index (χ4n) is 2.92. The molecule has 0 saturated carbocycles. The molecule has 1 N–H and O–H groups in total. The highest BCUT2D eigenvalue weighted by Gasteiger charge is 2.35. The Morgan fingerprint density at radius 2 is 2.08 bits per heavy atom. The number of halogens is 1. The van der Waals surface area contributed by atoms with Crippen molar-refractivity contribution in [2.75, 3.05) is 13.7 Å². The summed E-state index contributed by atoms with van der Waals surface area (Å²) in [6, 6.07) is 4.85. The maximum atomic E-state index is 12.5. The molecule has 1 fully saturated rings. The number of benzene rings is 1. The molecule has 1 unspecified atom stereocenters. The van der Waals surface area contributed by atoms with Crippen molar-refractivity contribution in [3.63, 3.8) is 0 Å². The lowest BCUT2D eigenvalue weighted by Gasteiger charge is -2.39. The maximum absolute atomic E-state index is 12.5. The SMILES string of the molecule is COc1cc([C@H](O)C2CCCCN2C(=O)OC(C)(C)C)ccc1Cl. The van der Waals surface area contributed by atoms with Gasteiger partial charge in [-0.2, -0.15) is 0 Å². The number of piperidine rings is 1. The van der Waals surface area contributed by atoms with Gasteiger partial charge in [-0.05, 0) is 57.7 Å². The summed E-state index contributed by atoms with van der Waals surface area (Å²) in [5.41, 5.74) is 0.116. The lowest BCUT2D eigenvalue weighted by molar-refractivity contribution is -0.0169. The van der Waals surface area contributed by atoms with Gasteiger partial charge in [-0.15, -0.1) is 0 Å². The summed E-state index contributed by atoms with van der Waals surface area (Å²) in [5, 5.41) is 11.3. The van der Waals surface area contributed by atoms with Gasteiger partial charge < -0.3 is 19.5 Å². The molecule has 24 heavy (non-hydrogen) atoms. The van der Waals surface area contributed by atoms with E-state index in [9.17, 15) is 9.90 Å². The number of aliphatic hydroxyl groups is 1. The van der Waals surface area contributed by atoms with Crippen molar-refractivity contribution in [3.8, 4) is 5.75 Å². The van der Waals surface area contributed by atoms with Gasteiger partial charge in [0.15, 0.2) is 0 Å². The van der Waals surface area contributed by atoms with Crippen LogP contribution in [0.3, 0.4) is 0 Å². The summed E-state index contributed by atoms with van der Waals surface area (Å²) in [7, 11) is 1.53. The Kier molecular flexibility index (Phi) is 5.99. The van der Waals surface area contributed by atoms with Crippen molar-refractivity contribution in [1.29, 1.82) is 0 Å². The normalized spacial score (nSPS) is 19.8. The van der Waals surface area contributed by atoms with Gasteiger partial charge in [0.1, 0.15) is 11.4 Å². The number of hydrogen-bond donors (Lipinski definition) is 1. The molecule has 1 heterocycles. The third-order valence-corrected chi connectivity index (χ3v) is 4.37. The second-order valence-corrected chi connectivity index (χ2v) is 7.48. The van der Waals surface area contributed by atoms with Crippen LogP contribution in [0.25, 0.3) is 0 Å². The fraction of sp³-hybridized carbons (Fsp3) is 0.611. The molecular formula is C18H26ClNO4. The molecule has 2 atom stereocenters. The number of rotatable bonds is 3. The molecule has 0 radical (unpaired) electrons. The molecule has 0 aliphatic carbocycles. The van der Waals surface area contributed by atoms with Crippen molar-refractivity contribution in [2.24, 2.45) is 0 Å².